The molecule has 0 atom stereocenters. The summed E-state index contributed by atoms with van der Waals surface area (Å²) in [6.45, 7) is -0.136. The van der Waals surface area contributed by atoms with Crippen molar-refractivity contribution < 1.29 is 23.5 Å². The second kappa shape index (κ2) is 8.84. The molecule has 0 saturated heterocycles. The van der Waals surface area contributed by atoms with Crippen molar-refractivity contribution >= 4 is 17.5 Å². The van der Waals surface area contributed by atoms with Crippen molar-refractivity contribution in [3.05, 3.63) is 53.8 Å². The number of halogens is 1. The van der Waals surface area contributed by atoms with Crippen molar-refractivity contribution in [1.82, 2.24) is 4.90 Å². The first-order valence-corrected chi connectivity index (χ1v) is 7.93. The van der Waals surface area contributed by atoms with Gasteiger partial charge in [0, 0.05) is 12.7 Å². The average Bonchev–Trinajstić information content (AvgIpc) is 2.61. The molecule has 0 radical (unpaired) electrons. The number of rotatable bonds is 7. The molecule has 0 aliphatic carbocycles. The predicted octanol–water partition coefficient (Wildman–Crippen LogP) is 2.48. The Hall–Kier alpha value is -3.09. The van der Waals surface area contributed by atoms with Gasteiger partial charge in [0.1, 0.15) is 5.82 Å². The van der Waals surface area contributed by atoms with E-state index in [2.05, 4.69) is 5.32 Å². The number of likely N-dealkylation sites (N-methyl/N-ethyl adjacent to an activating group) is 1. The van der Waals surface area contributed by atoms with Gasteiger partial charge < -0.3 is 19.7 Å². The topological polar surface area (TPSA) is 67.9 Å². The fraction of sp³-hybridized carbons (Fsp3) is 0.263. The van der Waals surface area contributed by atoms with E-state index >= 15 is 0 Å². The van der Waals surface area contributed by atoms with Gasteiger partial charge in [0.05, 0.1) is 27.2 Å². The number of nitrogens with zero attached hydrogens (tertiary/aromatic N) is 1. The van der Waals surface area contributed by atoms with Crippen LogP contribution in [0.1, 0.15) is 5.56 Å². The highest BCUT2D eigenvalue weighted by atomic mass is 19.1. The van der Waals surface area contributed by atoms with E-state index in [9.17, 15) is 14.0 Å². The Balaban J connectivity index is 1.93. The molecule has 2 amide bonds. The summed E-state index contributed by atoms with van der Waals surface area (Å²) in [7, 11) is 4.59. The van der Waals surface area contributed by atoms with Gasteiger partial charge in [-0.25, -0.2) is 4.39 Å². The minimum atomic E-state index is -0.444. The summed E-state index contributed by atoms with van der Waals surface area (Å²) < 4.78 is 23.5. The lowest BCUT2D eigenvalue weighted by atomic mass is 10.1. The molecule has 6 nitrogen and oxygen atoms in total. The maximum atomic E-state index is 13.1. The van der Waals surface area contributed by atoms with Crippen LogP contribution in [0.3, 0.4) is 0 Å². The largest absolute Gasteiger partial charge is 0.493 e. The number of methoxy groups -OCH3 is 2. The third kappa shape index (κ3) is 5.20. The maximum absolute atomic E-state index is 13.1. The number of ether oxygens (including phenoxy) is 2. The Kier molecular flexibility index (Phi) is 6.54. The molecule has 0 aliphatic rings. The Bertz CT molecular complexity index is 795. The van der Waals surface area contributed by atoms with Crippen LogP contribution in [0.4, 0.5) is 10.1 Å². The second-order valence-corrected chi connectivity index (χ2v) is 5.67. The second-order valence-electron chi connectivity index (χ2n) is 5.67. The lowest BCUT2D eigenvalue weighted by Crippen LogP contribution is -2.35. The molecule has 2 rings (SSSR count). The zero-order valence-corrected chi connectivity index (χ0v) is 14.9. The molecule has 138 valence electrons. The number of hydrogen-bond donors (Lipinski definition) is 1. The van der Waals surface area contributed by atoms with E-state index in [0.29, 0.717) is 17.2 Å². The Morgan fingerprint density at radius 1 is 1.08 bits per heavy atom. The molecule has 1 N–H and O–H groups in total. The van der Waals surface area contributed by atoms with Crippen molar-refractivity contribution in [2.24, 2.45) is 0 Å². The maximum Gasteiger partial charge on any atom is 0.243 e. The number of carbonyl (C=O) groups excluding carboxylic acids is 2. The first kappa shape index (κ1) is 19.2. The summed E-state index contributed by atoms with van der Waals surface area (Å²) in [6.07, 6.45) is 0.115. The van der Waals surface area contributed by atoms with Crippen molar-refractivity contribution in [3.8, 4) is 11.5 Å². The van der Waals surface area contributed by atoms with E-state index in [1.807, 2.05) is 0 Å². The van der Waals surface area contributed by atoms with Gasteiger partial charge in [-0.3, -0.25) is 9.59 Å². The molecule has 0 spiro atoms. The third-order valence-corrected chi connectivity index (χ3v) is 3.72. The van der Waals surface area contributed by atoms with Crippen LogP contribution in [0.15, 0.2) is 42.5 Å². The molecular weight excluding hydrogens is 339 g/mol. The molecule has 0 unspecified atom stereocenters. The Morgan fingerprint density at radius 3 is 2.46 bits per heavy atom. The monoisotopic (exact) mass is 360 g/mol. The van der Waals surface area contributed by atoms with Crippen LogP contribution in [-0.2, 0) is 16.0 Å². The summed E-state index contributed by atoms with van der Waals surface area (Å²) in [4.78, 5) is 25.6. The van der Waals surface area contributed by atoms with Crippen LogP contribution >= 0.6 is 0 Å². The van der Waals surface area contributed by atoms with Gasteiger partial charge in [-0.1, -0.05) is 12.1 Å². The van der Waals surface area contributed by atoms with Gasteiger partial charge >= 0.3 is 0 Å². The Labute approximate surface area is 151 Å². The normalized spacial score (nSPS) is 10.2. The van der Waals surface area contributed by atoms with Crippen molar-refractivity contribution in [2.75, 3.05) is 33.1 Å². The van der Waals surface area contributed by atoms with Crippen LogP contribution in [0.25, 0.3) is 0 Å². The van der Waals surface area contributed by atoms with Crippen LogP contribution < -0.4 is 14.8 Å². The molecule has 2 aromatic rings. The molecule has 7 heteroatoms. The lowest BCUT2D eigenvalue weighted by molar-refractivity contribution is -0.132. The van der Waals surface area contributed by atoms with E-state index in [-0.39, 0.29) is 18.9 Å². The van der Waals surface area contributed by atoms with Crippen molar-refractivity contribution in [1.29, 1.82) is 0 Å². The van der Waals surface area contributed by atoms with E-state index in [0.717, 1.165) is 5.56 Å². The predicted molar refractivity (Wildman–Crippen MR) is 95.9 cm³/mol. The van der Waals surface area contributed by atoms with Crippen LogP contribution in [0.2, 0.25) is 0 Å². The molecule has 0 bridgehead atoms. The highest BCUT2D eigenvalue weighted by molar-refractivity contribution is 5.94. The highest BCUT2D eigenvalue weighted by Crippen LogP contribution is 2.27. The molecule has 0 saturated carbocycles. The molecule has 26 heavy (non-hydrogen) atoms. The minimum absolute atomic E-state index is 0.115. The van der Waals surface area contributed by atoms with Gasteiger partial charge in [0.15, 0.2) is 11.5 Å². The SMILES string of the molecule is COc1ccc(CC(=O)N(C)CC(=O)Nc2cccc(F)c2)cc1OC. The summed E-state index contributed by atoms with van der Waals surface area (Å²) >= 11 is 0. The standard InChI is InChI=1S/C19H21FN2O4/c1-22(12-18(23)21-15-6-4-5-14(20)11-15)19(24)10-13-7-8-16(25-2)17(9-13)26-3/h4-9,11H,10,12H2,1-3H3,(H,21,23). The number of anilines is 1. The summed E-state index contributed by atoms with van der Waals surface area (Å²) in [5, 5.41) is 2.56. The van der Waals surface area contributed by atoms with E-state index in [1.165, 1.54) is 44.4 Å². The summed E-state index contributed by atoms with van der Waals surface area (Å²) in [5.41, 5.74) is 1.08. The fourth-order valence-corrected chi connectivity index (χ4v) is 2.37. The first-order valence-electron chi connectivity index (χ1n) is 7.93. The van der Waals surface area contributed by atoms with Gasteiger partial charge in [-0.15, -0.1) is 0 Å². The number of amides is 2. The van der Waals surface area contributed by atoms with Crippen molar-refractivity contribution in [3.63, 3.8) is 0 Å². The van der Waals surface area contributed by atoms with Gasteiger partial charge in [0.25, 0.3) is 0 Å². The fourth-order valence-electron chi connectivity index (χ4n) is 2.37. The third-order valence-electron chi connectivity index (χ3n) is 3.72. The van der Waals surface area contributed by atoms with E-state index < -0.39 is 11.7 Å². The molecule has 0 aliphatic heterocycles. The number of benzene rings is 2. The van der Waals surface area contributed by atoms with E-state index in [4.69, 9.17) is 9.47 Å². The van der Waals surface area contributed by atoms with Crippen molar-refractivity contribution in [2.45, 2.75) is 6.42 Å². The zero-order valence-electron chi connectivity index (χ0n) is 14.9. The van der Waals surface area contributed by atoms with Crippen LogP contribution in [0, 0.1) is 5.82 Å². The zero-order chi connectivity index (χ0) is 19.1. The van der Waals surface area contributed by atoms with E-state index in [1.54, 1.807) is 24.3 Å². The number of carbonyl (C=O) groups is 2. The molecule has 0 aromatic heterocycles. The highest BCUT2D eigenvalue weighted by Gasteiger charge is 2.15. The molecular formula is C19H21FN2O4. The van der Waals surface area contributed by atoms with Crippen LogP contribution in [-0.4, -0.2) is 44.5 Å². The van der Waals surface area contributed by atoms with Gasteiger partial charge in [-0.2, -0.15) is 0 Å². The number of hydrogen-bond acceptors (Lipinski definition) is 4. The lowest BCUT2D eigenvalue weighted by Gasteiger charge is -2.17. The first-order chi connectivity index (χ1) is 12.4. The summed E-state index contributed by atoms with van der Waals surface area (Å²) in [6, 6.07) is 10.8. The minimum Gasteiger partial charge on any atom is -0.493 e. The summed E-state index contributed by atoms with van der Waals surface area (Å²) in [5.74, 6) is 0.0295. The number of nitrogens with one attached hydrogen (secondary N) is 1. The molecule has 0 fully saturated rings. The average molecular weight is 360 g/mol. The van der Waals surface area contributed by atoms with Crippen LogP contribution in [0.5, 0.6) is 11.5 Å². The molecule has 2 aromatic carbocycles. The Morgan fingerprint density at radius 2 is 1.81 bits per heavy atom. The quantitative estimate of drug-likeness (QED) is 0.824. The van der Waals surface area contributed by atoms with Gasteiger partial charge in [0.2, 0.25) is 11.8 Å². The smallest absolute Gasteiger partial charge is 0.243 e. The molecule has 0 heterocycles. The van der Waals surface area contributed by atoms with Gasteiger partial charge in [-0.05, 0) is 35.9 Å².